The Morgan fingerprint density at radius 1 is 1.15 bits per heavy atom. The van der Waals surface area contributed by atoms with Crippen LogP contribution in [0.5, 0.6) is 0 Å². The van der Waals surface area contributed by atoms with E-state index in [0.29, 0.717) is 18.4 Å². The van der Waals surface area contributed by atoms with Gasteiger partial charge in [-0.3, -0.25) is 34.4 Å². The molecule has 1 aliphatic heterocycles. The molecule has 4 atom stereocenters. The number of nitrogens with two attached hydrogens (primary N) is 1. The van der Waals surface area contributed by atoms with Crippen LogP contribution in [0.25, 0.3) is 0 Å². The first kappa shape index (κ1) is 34.1. The highest BCUT2D eigenvalue weighted by Crippen LogP contribution is 2.21. The average Bonchev–Trinajstić information content (AvgIpc) is 3.40. The number of rotatable bonds is 11. The Kier molecular flexibility index (Phi) is 12.2. The van der Waals surface area contributed by atoms with E-state index in [-0.39, 0.29) is 13.2 Å². The molecule has 0 bridgehead atoms. The molecule has 13 nitrogen and oxygen atoms in total. The Morgan fingerprint density at radius 2 is 1.76 bits per heavy atom. The highest BCUT2D eigenvalue weighted by molar-refractivity contribution is 14.1. The van der Waals surface area contributed by atoms with Crippen LogP contribution in [0.1, 0.15) is 59.4 Å². The van der Waals surface area contributed by atoms with Crippen molar-refractivity contribution in [2.45, 2.75) is 90.3 Å². The molecule has 1 aliphatic rings. The fourth-order valence-corrected chi connectivity index (χ4v) is 4.48. The summed E-state index contributed by atoms with van der Waals surface area (Å²) in [5.41, 5.74) is 5.86. The van der Waals surface area contributed by atoms with Crippen molar-refractivity contribution in [3.05, 3.63) is 33.4 Å². The van der Waals surface area contributed by atoms with Gasteiger partial charge in [0.15, 0.2) is 5.78 Å². The van der Waals surface area contributed by atoms with Crippen LogP contribution in [0.2, 0.25) is 0 Å². The van der Waals surface area contributed by atoms with Gasteiger partial charge in [-0.1, -0.05) is 12.1 Å². The molecule has 4 amide bonds. The third-order valence-electron chi connectivity index (χ3n) is 6.61. The molecule has 5 N–H and O–H groups in total. The van der Waals surface area contributed by atoms with Crippen molar-refractivity contribution < 1.29 is 38.6 Å². The van der Waals surface area contributed by atoms with Gasteiger partial charge in [0.05, 0.1) is 12.5 Å². The zero-order valence-electron chi connectivity index (χ0n) is 23.8. The van der Waals surface area contributed by atoms with E-state index in [2.05, 4.69) is 33.3 Å². The van der Waals surface area contributed by atoms with E-state index in [1.807, 2.05) is 0 Å². The third kappa shape index (κ3) is 8.94. The fourth-order valence-electron chi connectivity index (χ4n) is 4.12. The number of nitrogens with one attached hydrogen (secondary N) is 2. The summed E-state index contributed by atoms with van der Waals surface area (Å²) < 4.78 is 6.12. The van der Waals surface area contributed by atoms with Crippen LogP contribution in [0.3, 0.4) is 0 Å². The SMILES string of the molecule is CC(=O)C(O)(CC(=O)N(NC(=O)[C@@H]1CCCN1C(=O)[C@H](C)NC(=O)[C@H](C)N)C(C)C)C(=O)OCc1ccc(I)cc1. The zero-order chi connectivity index (χ0) is 31.1. The molecular formula is C27H38IN5O8. The second-order valence-corrected chi connectivity index (χ2v) is 11.6. The molecule has 1 aromatic rings. The number of nitrogens with zero attached hydrogens (tertiary/aromatic N) is 2. The van der Waals surface area contributed by atoms with Gasteiger partial charge in [-0.15, -0.1) is 0 Å². The van der Waals surface area contributed by atoms with Crippen LogP contribution in [0.4, 0.5) is 0 Å². The summed E-state index contributed by atoms with van der Waals surface area (Å²) >= 11 is 2.11. The number of hydrogen-bond donors (Lipinski definition) is 4. The van der Waals surface area contributed by atoms with Gasteiger partial charge in [0.25, 0.3) is 5.91 Å². The Labute approximate surface area is 252 Å². The lowest BCUT2D eigenvalue weighted by molar-refractivity contribution is -0.175. The molecular weight excluding hydrogens is 649 g/mol. The first-order valence-corrected chi connectivity index (χ1v) is 14.3. The molecule has 226 valence electrons. The van der Waals surface area contributed by atoms with Crippen LogP contribution in [0, 0.1) is 3.57 Å². The summed E-state index contributed by atoms with van der Waals surface area (Å²) in [4.78, 5) is 77.8. The van der Waals surface area contributed by atoms with E-state index >= 15 is 0 Å². The molecule has 1 aromatic carbocycles. The minimum Gasteiger partial charge on any atom is -0.458 e. The topological polar surface area (TPSA) is 188 Å². The molecule has 2 rings (SSSR count). The van der Waals surface area contributed by atoms with Crippen LogP contribution in [-0.4, -0.2) is 86.7 Å². The highest BCUT2D eigenvalue weighted by Gasteiger charge is 2.47. The number of carbonyl (C=O) groups is 6. The predicted molar refractivity (Wildman–Crippen MR) is 155 cm³/mol. The molecule has 0 aromatic heterocycles. The molecule has 0 aliphatic carbocycles. The number of Topliss-reactive ketones (excluding diaryl/α,β-unsaturated/α-hetero) is 1. The number of hydrazine groups is 1. The van der Waals surface area contributed by atoms with E-state index in [1.165, 1.54) is 18.7 Å². The summed E-state index contributed by atoms with van der Waals surface area (Å²) in [5, 5.41) is 14.3. The van der Waals surface area contributed by atoms with E-state index < -0.39 is 71.6 Å². The van der Waals surface area contributed by atoms with Crippen molar-refractivity contribution in [2.24, 2.45) is 5.73 Å². The van der Waals surface area contributed by atoms with Crippen molar-refractivity contribution in [3.63, 3.8) is 0 Å². The predicted octanol–water partition coefficient (Wildman–Crippen LogP) is 0.156. The van der Waals surface area contributed by atoms with Crippen LogP contribution in [0.15, 0.2) is 24.3 Å². The molecule has 1 fully saturated rings. The van der Waals surface area contributed by atoms with Gasteiger partial charge in [-0.05, 0) is 87.7 Å². The minimum atomic E-state index is -2.78. The number of amides is 4. The second kappa shape index (κ2) is 14.7. The van der Waals surface area contributed by atoms with E-state index in [0.717, 1.165) is 15.5 Å². The molecule has 0 spiro atoms. The number of likely N-dealkylation sites (tertiary alicyclic amines) is 1. The molecule has 0 radical (unpaired) electrons. The second-order valence-electron chi connectivity index (χ2n) is 10.3. The Bertz CT molecular complexity index is 1160. The van der Waals surface area contributed by atoms with E-state index in [4.69, 9.17) is 10.5 Å². The summed E-state index contributed by atoms with van der Waals surface area (Å²) in [6.07, 6.45) is -0.141. The Morgan fingerprint density at radius 3 is 2.29 bits per heavy atom. The standard InChI is InChI=1S/C27H38IN5O8/c1-15(2)33(31-24(37)21-7-6-12-32(21)25(38)17(4)30-23(36)16(3)29)22(35)13-27(40,18(5)34)26(39)41-14-19-8-10-20(28)11-9-19/h8-11,15-17,21,40H,6-7,12-14,29H2,1-5H3,(H,30,36)(H,31,37)/t16-,17-,21-,27?/m0/s1. The Hall–Kier alpha value is -3.11. The van der Waals surface area contributed by atoms with Crippen LogP contribution < -0.4 is 16.5 Å². The molecule has 1 heterocycles. The summed E-state index contributed by atoms with van der Waals surface area (Å²) in [7, 11) is 0. The van der Waals surface area contributed by atoms with Gasteiger partial charge >= 0.3 is 5.97 Å². The van der Waals surface area contributed by atoms with Gasteiger partial charge in [0, 0.05) is 16.2 Å². The maximum atomic E-state index is 13.2. The molecule has 0 saturated carbocycles. The smallest absolute Gasteiger partial charge is 0.346 e. The number of carbonyl (C=O) groups excluding carboxylic acids is 6. The number of aliphatic hydroxyl groups is 1. The average molecular weight is 688 g/mol. The zero-order valence-corrected chi connectivity index (χ0v) is 26.0. The van der Waals surface area contributed by atoms with Gasteiger partial charge < -0.3 is 25.8 Å². The number of ether oxygens (including phenoxy) is 1. The van der Waals surface area contributed by atoms with Crippen LogP contribution >= 0.6 is 22.6 Å². The first-order chi connectivity index (χ1) is 19.1. The summed E-state index contributed by atoms with van der Waals surface area (Å²) in [5.74, 6) is -4.87. The van der Waals surface area contributed by atoms with Crippen LogP contribution in [-0.2, 0) is 40.1 Å². The lowest BCUT2D eigenvalue weighted by Crippen LogP contribution is -2.59. The van der Waals surface area contributed by atoms with Gasteiger partial charge in [-0.2, -0.15) is 0 Å². The van der Waals surface area contributed by atoms with E-state index in [1.54, 1.807) is 38.1 Å². The first-order valence-electron chi connectivity index (χ1n) is 13.2. The normalized spacial score (nSPS) is 17.7. The monoisotopic (exact) mass is 687 g/mol. The highest BCUT2D eigenvalue weighted by atomic mass is 127. The molecule has 1 unspecified atom stereocenters. The number of benzene rings is 1. The summed E-state index contributed by atoms with van der Waals surface area (Å²) in [6.45, 7) is 7.14. The molecule has 41 heavy (non-hydrogen) atoms. The van der Waals surface area contributed by atoms with Gasteiger partial charge in [0.1, 0.15) is 18.7 Å². The third-order valence-corrected chi connectivity index (χ3v) is 7.33. The van der Waals surface area contributed by atoms with Crippen molar-refractivity contribution in [1.29, 1.82) is 0 Å². The van der Waals surface area contributed by atoms with Crippen molar-refractivity contribution in [2.75, 3.05) is 6.54 Å². The fraction of sp³-hybridized carbons (Fsp3) is 0.556. The molecule has 1 saturated heterocycles. The van der Waals surface area contributed by atoms with Crippen molar-refractivity contribution in [3.8, 4) is 0 Å². The number of ketones is 1. The number of esters is 1. The quantitative estimate of drug-likeness (QED) is 0.109. The largest absolute Gasteiger partial charge is 0.458 e. The Balaban J connectivity index is 2.12. The summed E-state index contributed by atoms with van der Waals surface area (Å²) in [6, 6.07) is 3.70. The number of halogens is 1. The van der Waals surface area contributed by atoms with Crippen molar-refractivity contribution >= 4 is 58.0 Å². The lowest BCUT2D eigenvalue weighted by atomic mass is 9.94. The minimum absolute atomic E-state index is 0.223. The van der Waals surface area contributed by atoms with Gasteiger partial charge in [0.2, 0.25) is 23.3 Å². The van der Waals surface area contributed by atoms with Gasteiger partial charge in [-0.25, -0.2) is 4.79 Å². The maximum absolute atomic E-state index is 13.2. The molecule has 14 heteroatoms. The van der Waals surface area contributed by atoms with E-state index in [9.17, 15) is 33.9 Å². The lowest BCUT2D eigenvalue weighted by Gasteiger charge is -2.33. The van der Waals surface area contributed by atoms with Crippen molar-refractivity contribution in [1.82, 2.24) is 20.7 Å². The maximum Gasteiger partial charge on any atom is 0.346 e. The number of hydrogen-bond acceptors (Lipinski definition) is 9.